The molecule has 0 spiro atoms. The molecule has 1 aliphatic rings. The van der Waals surface area contributed by atoms with Crippen LogP contribution >= 0.6 is 0 Å². The third-order valence-corrected chi connectivity index (χ3v) is 2.13. The van der Waals surface area contributed by atoms with Crippen molar-refractivity contribution in [1.29, 1.82) is 0 Å². The minimum absolute atomic E-state index is 0.105. The molecule has 1 N–H and O–H groups in total. The summed E-state index contributed by atoms with van der Waals surface area (Å²) in [5, 5.41) is 3.05. The number of rotatable bonds is 5. The van der Waals surface area contributed by atoms with Crippen LogP contribution in [0.2, 0.25) is 0 Å². The van der Waals surface area contributed by atoms with Gasteiger partial charge < -0.3 is 10.1 Å². The molecule has 0 radical (unpaired) electrons. The summed E-state index contributed by atoms with van der Waals surface area (Å²) in [4.78, 5) is 22.2. The lowest BCUT2D eigenvalue weighted by Crippen LogP contribution is -2.11. The maximum atomic E-state index is 11.3. The normalized spacial score (nSPS) is 13.7. The molecule has 16 heavy (non-hydrogen) atoms. The van der Waals surface area contributed by atoms with Gasteiger partial charge in [0.05, 0.1) is 7.11 Å². The van der Waals surface area contributed by atoms with E-state index in [4.69, 9.17) is 0 Å². The molecule has 0 amide bonds. The second-order valence-corrected chi connectivity index (χ2v) is 3.37. The summed E-state index contributed by atoms with van der Waals surface area (Å²) >= 11 is 0. The van der Waals surface area contributed by atoms with Gasteiger partial charge in [0.2, 0.25) is 0 Å². The van der Waals surface area contributed by atoms with E-state index in [1.165, 1.54) is 7.11 Å². The number of Topliss-reactive ketones (excluding diaryl/α,β-unsaturated/α-hetero) is 1. The lowest BCUT2D eigenvalue weighted by atomic mass is 10.1. The van der Waals surface area contributed by atoms with Crippen LogP contribution in [0.15, 0.2) is 36.2 Å². The SMILES string of the molecule is COC(=O)CC(=O)CCC1=CC=CC=CN1. The van der Waals surface area contributed by atoms with Crippen molar-refractivity contribution in [2.45, 2.75) is 19.3 Å². The molecule has 1 heterocycles. The van der Waals surface area contributed by atoms with Crippen molar-refractivity contribution in [3.8, 4) is 0 Å². The van der Waals surface area contributed by atoms with Gasteiger partial charge in [-0.3, -0.25) is 9.59 Å². The number of hydrogen-bond donors (Lipinski definition) is 1. The van der Waals surface area contributed by atoms with Crippen LogP contribution in [-0.2, 0) is 14.3 Å². The number of nitrogens with one attached hydrogen (secondary N) is 1. The largest absolute Gasteiger partial charge is 0.469 e. The molecule has 0 saturated carbocycles. The highest BCUT2D eigenvalue weighted by molar-refractivity contribution is 5.95. The molecular formula is C12H15NO3. The first-order valence-corrected chi connectivity index (χ1v) is 5.10. The van der Waals surface area contributed by atoms with Crippen molar-refractivity contribution < 1.29 is 14.3 Å². The van der Waals surface area contributed by atoms with Crippen LogP contribution in [0.3, 0.4) is 0 Å². The van der Waals surface area contributed by atoms with Gasteiger partial charge in [-0.2, -0.15) is 0 Å². The topological polar surface area (TPSA) is 55.4 Å². The molecule has 0 unspecified atom stereocenters. The van der Waals surface area contributed by atoms with Gasteiger partial charge in [0.25, 0.3) is 0 Å². The Hall–Kier alpha value is -1.84. The summed E-state index contributed by atoms with van der Waals surface area (Å²) in [6, 6.07) is 0. The predicted octanol–water partition coefficient (Wildman–Crippen LogP) is 1.46. The molecule has 86 valence electrons. The van der Waals surface area contributed by atoms with Gasteiger partial charge in [-0.05, 0) is 18.6 Å². The van der Waals surface area contributed by atoms with Crippen LogP contribution in [0.4, 0.5) is 0 Å². The van der Waals surface area contributed by atoms with Gasteiger partial charge in [0, 0.05) is 18.3 Å². The highest BCUT2D eigenvalue weighted by atomic mass is 16.5. The first-order chi connectivity index (χ1) is 7.72. The van der Waals surface area contributed by atoms with Crippen molar-refractivity contribution in [3.63, 3.8) is 0 Å². The molecular weight excluding hydrogens is 206 g/mol. The molecule has 0 atom stereocenters. The average molecular weight is 221 g/mol. The molecule has 0 fully saturated rings. The summed E-state index contributed by atoms with van der Waals surface area (Å²) < 4.78 is 4.42. The third-order valence-electron chi connectivity index (χ3n) is 2.13. The second-order valence-electron chi connectivity index (χ2n) is 3.37. The second kappa shape index (κ2) is 6.61. The highest BCUT2D eigenvalue weighted by Crippen LogP contribution is 2.06. The molecule has 0 aromatic heterocycles. The van der Waals surface area contributed by atoms with Crippen molar-refractivity contribution in [2.75, 3.05) is 7.11 Å². The lowest BCUT2D eigenvalue weighted by Gasteiger charge is -2.05. The van der Waals surface area contributed by atoms with Crippen molar-refractivity contribution in [2.24, 2.45) is 0 Å². The van der Waals surface area contributed by atoms with E-state index >= 15 is 0 Å². The third kappa shape index (κ3) is 4.59. The van der Waals surface area contributed by atoms with Crippen molar-refractivity contribution in [1.82, 2.24) is 5.32 Å². The van der Waals surface area contributed by atoms with E-state index in [9.17, 15) is 9.59 Å². The van der Waals surface area contributed by atoms with Crippen molar-refractivity contribution >= 4 is 11.8 Å². The first kappa shape index (κ1) is 12.2. The maximum absolute atomic E-state index is 11.3. The van der Waals surface area contributed by atoms with Gasteiger partial charge in [-0.25, -0.2) is 0 Å². The number of allylic oxidation sites excluding steroid dienone is 5. The number of methoxy groups -OCH3 is 1. The number of esters is 1. The standard InChI is InChI=1S/C12H15NO3/c1-16-12(15)9-11(14)7-6-10-5-3-2-4-8-13-10/h2-5,8,13H,6-7,9H2,1H3. The Balaban J connectivity index is 2.31. The van der Waals surface area contributed by atoms with E-state index in [1.807, 2.05) is 24.3 Å². The number of hydrogen-bond acceptors (Lipinski definition) is 4. The number of carbonyl (C=O) groups excluding carboxylic acids is 2. The highest BCUT2D eigenvalue weighted by Gasteiger charge is 2.09. The predicted molar refractivity (Wildman–Crippen MR) is 60.4 cm³/mol. The lowest BCUT2D eigenvalue weighted by molar-refractivity contribution is -0.143. The number of ether oxygens (including phenoxy) is 1. The molecule has 1 rings (SSSR count). The van der Waals surface area contributed by atoms with Gasteiger partial charge in [0.1, 0.15) is 12.2 Å². The molecule has 0 aliphatic carbocycles. The fourth-order valence-corrected chi connectivity index (χ4v) is 1.25. The van der Waals surface area contributed by atoms with E-state index < -0.39 is 5.97 Å². The fraction of sp³-hybridized carbons (Fsp3) is 0.333. The zero-order valence-corrected chi connectivity index (χ0v) is 9.23. The fourth-order valence-electron chi connectivity index (χ4n) is 1.25. The van der Waals surface area contributed by atoms with Crippen LogP contribution in [0.25, 0.3) is 0 Å². The van der Waals surface area contributed by atoms with Crippen LogP contribution < -0.4 is 5.32 Å². The molecule has 0 aromatic carbocycles. The van der Waals surface area contributed by atoms with Crippen LogP contribution in [0, 0.1) is 0 Å². The summed E-state index contributed by atoms with van der Waals surface area (Å²) in [6.07, 6.45) is 10.2. The van der Waals surface area contributed by atoms with Gasteiger partial charge >= 0.3 is 5.97 Å². The summed E-state index contributed by atoms with van der Waals surface area (Å²) in [6.45, 7) is 0. The summed E-state index contributed by atoms with van der Waals surface area (Å²) in [7, 11) is 1.28. The van der Waals surface area contributed by atoms with E-state index in [1.54, 1.807) is 6.20 Å². The van der Waals surface area contributed by atoms with Crippen molar-refractivity contribution in [3.05, 3.63) is 36.2 Å². The number of carbonyl (C=O) groups is 2. The van der Waals surface area contributed by atoms with Gasteiger partial charge in [-0.15, -0.1) is 0 Å². The smallest absolute Gasteiger partial charge is 0.313 e. The molecule has 1 aliphatic heterocycles. The Morgan fingerprint density at radius 2 is 2.12 bits per heavy atom. The zero-order valence-electron chi connectivity index (χ0n) is 9.23. The minimum Gasteiger partial charge on any atom is -0.469 e. The van der Waals surface area contributed by atoms with Crippen LogP contribution in [0.5, 0.6) is 0 Å². The van der Waals surface area contributed by atoms with E-state index in [2.05, 4.69) is 10.1 Å². The Kier molecular flexibility index (Phi) is 5.05. The van der Waals surface area contributed by atoms with Gasteiger partial charge in [0.15, 0.2) is 0 Å². The van der Waals surface area contributed by atoms with E-state index in [0.29, 0.717) is 12.8 Å². The molecule has 0 aromatic rings. The monoisotopic (exact) mass is 221 g/mol. The summed E-state index contributed by atoms with van der Waals surface area (Å²) in [5.74, 6) is -0.584. The Labute approximate surface area is 94.7 Å². The molecule has 4 heteroatoms. The Morgan fingerprint density at radius 1 is 1.31 bits per heavy atom. The average Bonchev–Trinajstić information content (AvgIpc) is 2.54. The maximum Gasteiger partial charge on any atom is 0.313 e. The van der Waals surface area contributed by atoms with Gasteiger partial charge in [-0.1, -0.05) is 12.2 Å². The molecule has 0 bridgehead atoms. The molecule has 0 saturated heterocycles. The first-order valence-electron chi connectivity index (χ1n) is 5.10. The zero-order chi connectivity index (χ0) is 11.8. The van der Waals surface area contributed by atoms with Crippen LogP contribution in [0.1, 0.15) is 19.3 Å². The Bertz CT molecular complexity index is 353. The van der Waals surface area contributed by atoms with E-state index in [0.717, 1.165) is 5.70 Å². The number of ketones is 1. The van der Waals surface area contributed by atoms with Crippen LogP contribution in [-0.4, -0.2) is 18.9 Å². The minimum atomic E-state index is -0.479. The Morgan fingerprint density at radius 3 is 2.88 bits per heavy atom. The quantitative estimate of drug-likeness (QED) is 0.564. The van der Waals surface area contributed by atoms with E-state index in [-0.39, 0.29) is 12.2 Å². The summed E-state index contributed by atoms with van der Waals surface area (Å²) in [5.41, 5.74) is 0.961. The molecule has 4 nitrogen and oxygen atoms in total.